The first-order valence-corrected chi connectivity index (χ1v) is 4.37. The molecule has 0 spiro atoms. The van der Waals surface area contributed by atoms with Gasteiger partial charge in [0.25, 0.3) is 0 Å². The number of nitrogens with two attached hydrogens (primary N) is 2. The molecule has 5 nitrogen and oxygen atoms in total. The van der Waals surface area contributed by atoms with Crippen LogP contribution in [0.25, 0.3) is 11.3 Å². The third-order valence-electron chi connectivity index (χ3n) is 2.04. The molecular weight excluding hydrogens is 194 g/mol. The minimum Gasteiger partial charge on any atom is -0.495 e. The van der Waals surface area contributed by atoms with E-state index in [1.54, 1.807) is 25.3 Å². The van der Waals surface area contributed by atoms with Crippen LogP contribution >= 0.6 is 0 Å². The van der Waals surface area contributed by atoms with Gasteiger partial charge in [0.1, 0.15) is 5.75 Å². The number of aromatic nitrogens is 1. The van der Waals surface area contributed by atoms with Crippen LogP contribution in [0, 0.1) is 0 Å². The fraction of sp³-hybridized carbons (Fsp3) is 0.100. The predicted octanol–water partition coefficient (Wildman–Crippen LogP) is 1.51. The molecule has 0 saturated heterocycles. The molecule has 0 amide bonds. The zero-order valence-electron chi connectivity index (χ0n) is 8.23. The van der Waals surface area contributed by atoms with Crippen molar-refractivity contribution in [2.45, 2.75) is 0 Å². The summed E-state index contributed by atoms with van der Waals surface area (Å²) in [5.74, 6) is 1.56. The summed E-state index contributed by atoms with van der Waals surface area (Å²) in [4.78, 5) is 0. The van der Waals surface area contributed by atoms with Crippen LogP contribution in [0.1, 0.15) is 0 Å². The average Bonchev–Trinajstić information content (AvgIpc) is 2.65. The van der Waals surface area contributed by atoms with E-state index in [9.17, 15) is 0 Å². The van der Waals surface area contributed by atoms with Gasteiger partial charge in [0.2, 0.25) is 0 Å². The molecule has 1 heterocycles. The van der Waals surface area contributed by atoms with Crippen LogP contribution in [0.5, 0.6) is 5.75 Å². The van der Waals surface area contributed by atoms with E-state index in [2.05, 4.69) is 5.16 Å². The van der Waals surface area contributed by atoms with Gasteiger partial charge in [0.15, 0.2) is 11.6 Å². The predicted molar refractivity (Wildman–Crippen MR) is 57.3 cm³/mol. The minimum absolute atomic E-state index is 0.347. The standard InChI is InChI=1S/C10H11N3O2/c1-14-8-3-2-6(4-7(8)11)9-5-10(12)13-15-9/h2-5H,11H2,1H3,(H2,12,13). The van der Waals surface area contributed by atoms with Crippen molar-refractivity contribution in [3.05, 3.63) is 24.3 Å². The molecule has 1 aromatic heterocycles. The van der Waals surface area contributed by atoms with E-state index in [0.717, 1.165) is 5.56 Å². The molecule has 0 aliphatic carbocycles. The number of nitrogen functional groups attached to an aromatic ring is 2. The van der Waals surface area contributed by atoms with E-state index >= 15 is 0 Å². The van der Waals surface area contributed by atoms with Crippen LogP contribution in [-0.2, 0) is 0 Å². The molecule has 4 N–H and O–H groups in total. The van der Waals surface area contributed by atoms with Crippen LogP contribution in [0.2, 0.25) is 0 Å². The van der Waals surface area contributed by atoms with Gasteiger partial charge in [-0.1, -0.05) is 5.16 Å². The van der Waals surface area contributed by atoms with E-state index in [1.165, 1.54) is 0 Å². The molecule has 2 aromatic rings. The number of rotatable bonds is 2. The molecule has 0 unspecified atom stereocenters. The highest BCUT2D eigenvalue weighted by Crippen LogP contribution is 2.28. The summed E-state index contributed by atoms with van der Waals surface area (Å²) >= 11 is 0. The topological polar surface area (TPSA) is 87.3 Å². The van der Waals surface area contributed by atoms with Crippen LogP contribution in [-0.4, -0.2) is 12.3 Å². The summed E-state index contributed by atoms with van der Waals surface area (Å²) in [6.45, 7) is 0. The zero-order valence-corrected chi connectivity index (χ0v) is 8.23. The van der Waals surface area contributed by atoms with Gasteiger partial charge in [-0.15, -0.1) is 0 Å². The first-order chi connectivity index (χ1) is 7.20. The van der Waals surface area contributed by atoms with E-state index in [1.807, 2.05) is 6.07 Å². The number of anilines is 2. The van der Waals surface area contributed by atoms with Gasteiger partial charge >= 0.3 is 0 Å². The molecule has 1 aromatic carbocycles. The lowest BCUT2D eigenvalue weighted by atomic mass is 10.1. The molecule has 78 valence electrons. The quantitative estimate of drug-likeness (QED) is 0.725. The highest BCUT2D eigenvalue weighted by Gasteiger charge is 2.07. The third-order valence-corrected chi connectivity index (χ3v) is 2.04. The van der Waals surface area contributed by atoms with Gasteiger partial charge in [-0.3, -0.25) is 0 Å². The smallest absolute Gasteiger partial charge is 0.169 e. The Kier molecular flexibility index (Phi) is 2.21. The van der Waals surface area contributed by atoms with Crippen molar-refractivity contribution in [2.75, 3.05) is 18.6 Å². The fourth-order valence-corrected chi connectivity index (χ4v) is 1.31. The van der Waals surface area contributed by atoms with Crippen molar-refractivity contribution < 1.29 is 9.26 Å². The van der Waals surface area contributed by atoms with Gasteiger partial charge in [-0.2, -0.15) is 0 Å². The van der Waals surface area contributed by atoms with E-state index in [4.69, 9.17) is 20.7 Å². The molecule has 2 rings (SSSR count). The normalized spacial score (nSPS) is 10.2. The molecule has 0 saturated carbocycles. The van der Waals surface area contributed by atoms with Gasteiger partial charge in [0.05, 0.1) is 12.8 Å². The highest BCUT2D eigenvalue weighted by molar-refractivity contribution is 5.68. The first kappa shape index (κ1) is 9.39. The van der Waals surface area contributed by atoms with Crippen molar-refractivity contribution in [3.8, 4) is 17.1 Å². The fourth-order valence-electron chi connectivity index (χ4n) is 1.31. The summed E-state index contributed by atoms with van der Waals surface area (Å²) in [5, 5.41) is 3.60. The van der Waals surface area contributed by atoms with Crippen LogP contribution < -0.4 is 16.2 Å². The lowest BCUT2D eigenvalue weighted by molar-refractivity contribution is 0.416. The second-order valence-corrected chi connectivity index (χ2v) is 3.07. The molecule has 0 radical (unpaired) electrons. The Morgan fingerprint density at radius 3 is 2.60 bits per heavy atom. The number of ether oxygens (including phenoxy) is 1. The van der Waals surface area contributed by atoms with Crippen LogP contribution in [0.4, 0.5) is 11.5 Å². The Morgan fingerprint density at radius 1 is 1.27 bits per heavy atom. The number of methoxy groups -OCH3 is 1. The summed E-state index contributed by atoms with van der Waals surface area (Å²) < 4.78 is 10.1. The maximum atomic E-state index is 5.76. The molecule has 0 bridgehead atoms. The Balaban J connectivity index is 2.42. The van der Waals surface area contributed by atoms with E-state index in [-0.39, 0.29) is 0 Å². The molecular formula is C10H11N3O2. The highest BCUT2D eigenvalue weighted by atomic mass is 16.5. The summed E-state index contributed by atoms with van der Waals surface area (Å²) in [5.41, 5.74) is 12.6. The molecule has 0 fully saturated rings. The van der Waals surface area contributed by atoms with Crippen molar-refractivity contribution in [2.24, 2.45) is 0 Å². The molecule has 15 heavy (non-hydrogen) atoms. The Morgan fingerprint density at radius 2 is 2.07 bits per heavy atom. The molecule has 0 aliphatic heterocycles. The lowest BCUT2D eigenvalue weighted by Gasteiger charge is -2.04. The molecule has 5 heteroatoms. The van der Waals surface area contributed by atoms with Crippen molar-refractivity contribution in [1.29, 1.82) is 0 Å². The Hall–Kier alpha value is -2.17. The van der Waals surface area contributed by atoms with Crippen LogP contribution in [0.3, 0.4) is 0 Å². The number of hydrogen-bond donors (Lipinski definition) is 2. The monoisotopic (exact) mass is 205 g/mol. The van der Waals surface area contributed by atoms with Gasteiger partial charge in [-0.25, -0.2) is 0 Å². The summed E-state index contributed by atoms with van der Waals surface area (Å²) in [6.07, 6.45) is 0. The number of hydrogen-bond acceptors (Lipinski definition) is 5. The number of benzene rings is 1. The maximum absolute atomic E-state index is 5.76. The first-order valence-electron chi connectivity index (χ1n) is 4.37. The summed E-state index contributed by atoms with van der Waals surface area (Å²) in [6, 6.07) is 6.98. The van der Waals surface area contributed by atoms with E-state index in [0.29, 0.717) is 23.0 Å². The SMILES string of the molecule is COc1ccc(-c2cc(N)no2)cc1N. The number of nitrogens with zero attached hydrogens (tertiary/aromatic N) is 1. The Bertz CT molecular complexity index is 479. The lowest BCUT2D eigenvalue weighted by Crippen LogP contribution is -1.92. The van der Waals surface area contributed by atoms with E-state index < -0.39 is 0 Å². The minimum atomic E-state index is 0.347. The van der Waals surface area contributed by atoms with Crippen molar-refractivity contribution in [1.82, 2.24) is 5.16 Å². The molecule has 0 atom stereocenters. The maximum Gasteiger partial charge on any atom is 0.169 e. The van der Waals surface area contributed by atoms with Crippen LogP contribution in [0.15, 0.2) is 28.8 Å². The largest absolute Gasteiger partial charge is 0.495 e. The molecule has 0 aliphatic rings. The van der Waals surface area contributed by atoms with Gasteiger partial charge in [-0.05, 0) is 18.2 Å². The van der Waals surface area contributed by atoms with Crippen molar-refractivity contribution in [3.63, 3.8) is 0 Å². The Labute approximate surface area is 86.6 Å². The third kappa shape index (κ3) is 1.71. The second-order valence-electron chi connectivity index (χ2n) is 3.07. The average molecular weight is 205 g/mol. The summed E-state index contributed by atoms with van der Waals surface area (Å²) in [7, 11) is 1.57. The van der Waals surface area contributed by atoms with Gasteiger partial charge < -0.3 is 20.7 Å². The zero-order chi connectivity index (χ0) is 10.8. The van der Waals surface area contributed by atoms with Gasteiger partial charge in [0, 0.05) is 11.6 Å². The van der Waals surface area contributed by atoms with Crippen molar-refractivity contribution >= 4 is 11.5 Å². The second kappa shape index (κ2) is 3.53.